The number of carbonyl (C=O) groups is 2. The van der Waals surface area contributed by atoms with Crippen LogP contribution in [0.4, 0.5) is 40.3 Å². The standard InChI is InChI=1S/C21H12F4N4O5/c1-34-17-3-2-9(20(30)26-18-13(22)5-10(28-32)6-14(18)23)4-12(17)21(31)27-19-15(24)7-11(29-33)8-16(19)25/h2-8H,1H3,(H,26,30)(H,27,31). The maximum Gasteiger partial charge on any atom is 0.259 e. The number of hydrogen-bond acceptors (Lipinski definition) is 7. The van der Waals surface area contributed by atoms with Crippen LogP contribution in [0.25, 0.3) is 0 Å². The summed E-state index contributed by atoms with van der Waals surface area (Å²) >= 11 is 0. The second-order valence-corrected chi connectivity index (χ2v) is 6.57. The van der Waals surface area contributed by atoms with E-state index >= 15 is 0 Å². The molecule has 0 saturated heterocycles. The van der Waals surface area contributed by atoms with Crippen molar-refractivity contribution < 1.29 is 31.9 Å². The van der Waals surface area contributed by atoms with Gasteiger partial charge in [0.15, 0.2) is 23.3 Å². The predicted octanol–water partition coefficient (Wildman–Crippen LogP) is 5.55. The molecule has 3 rings (SSSR count). The van der Waals surface area contributed by atoms with Crippen LogP contribution >= 0.6 is 0 Å². The molecule has 0 spiro atoms. The summed E-state index contributed by atoms with van der Waals surface area (Å²) in [6, 6.07) is 5.69. The molecule has 0 aromatic heterocycles. The molecule has 0 fully saturated rings. The predicted molar refractivity (Wildman–Crippen MR) is 113 cm³/mol. The first-order valence-electron chi connectivity index (χ1n) is 9.14. The molecule has 3 aromatic rings. The average Bonchev–Trinajstić information content (AvgIpc) is 2.82. The molecule has 0 saturated carbocycles. The Morgan fingerprint density at radius 3 is 1.59 bits per heavy atom. The number of halogens is 4. The van der Waals surface area contributed by atoms with Gasteiger partial charge in [-0.25, -0.2) is 17.6 Å². The Bertz CT molecular complexity index is 1290. The van der Waals surface area contributed by atoms with Gasteiger partial charge in [0.2, 0.25) is 0 Å². The number of ether oxygens (including phenoxy) is 1. The van der Waals surface area contributed by atoms with Crippen LogP contribution < -0.4 is 15.4 Å². The number of anilines is 2. The third kappa shape index (κ3) is 4.87. The highest BCUT2D eigenvalue weighted by Crippen LogP contribution is 2.29. The number of benzene rings is 3. The van der Waals surface area contributed by atoms with E-state index in [-0.39, 0.29) is 16.9 Å². The summed E-state index contributed by atoms with van der Waals surface area (Å²) in [6.07, 6.45) is 0. The molecule has 174 valence electrons. The third-order valence-corrected chi connectivity index (χ3v) is 4.45. The summed E-state index contributed by atoms with van der Waals surface area (Å²) in [5.74, 6) is -7.36. The molecule has 34 heavy (non-hydrogen) atoms. The van der Waals surface area contributed by atoms with Crippen LogP contribution in [-0.2, 0) is 0 Å². The number of carbonyl (C=O) groups excluding carboxylic acids is 2. The van der Waals surface area contributed by atoms with Crippen molar-refractivity contribution in [2.75, 3.05) is 17.7 Å². The van der Waals surface area contributed by atoms with Crippen LogP contribution in [0.3, 0.4) is 0 Å². The van der Waals surface area contributed by atoms with Gasteiger partial charge in [-0.2, -0.15) is 0 Å². The zero-order chi connectivity index (χ0) is 25.0. The molecule has 9 nitrogen and oxygen atoms in total. The first-order valence-corrected chi connectivity index (χ1v) is 9.14. The molecule has 0 aliphatic heterocycles. The zero-order valence-electron chi connectivity index (χ0n) is 17.0. The van der Waals surface area contributed by atoms with Gasteiger partial charge in [0.1, 0.15) is 28.5 Å². The molecule has 2 amide bonds. The molecule has 3 aromatic carbocycles. The lowest BCUT2D eigenvalue weighted by molar-refractivity contribution is 0.102. The van der Waals surface area contributed by atoms with Crippen molar-refractivity contribution >= 4 is 34.6 Å². The maximum absolute atomic E-state index is 14.1. The van der Waals surface area contributed by atoms with Gasteiger partial charge in [0.05, 0.1) is 12.7 Å². The topological polar surface area (TPSA) is 126 Å². The fraction of sp³-hybridized carbons (Fsp3) is 0.0476. The number of nitrogens with zero attached hydrogens (tertiary/aromatic N) is 2. The third-order valence-electron chi connectivity index (χ3n) is 4.45. The fourth-order valence-electron chi connectivity index (χ4n) is 2.86. The fourth-order valence-corrected chi connectivity index (χ4v) is 2.86. The van der Waals surface area contributed by atoms with Crippen LogP contribution in [0, 0.1) is 33.1 Å². The maximum atomic E-state index is 14.1. The van der Waals surface area contributed by atoms with Crippen molar-refractivity contribution in [1.82, 2.24) is 0 Å². The van der Waals surface area contributed by atoms with Gasteiger partial charge in [-0.05, 0) is 28.6 Å². The molecule has 13 heteroatoms. The summed E-state index contributed by atoms with van der Waals surface area (Å²) in [5.41, 5.74) is -3.46. The molecule has 0 aliphatic rings. The van der Waals surface area contributed by atoms with Crippen molar-refractivity contribution in [1.29, 1.82) is 0 Å². The van der Waals surface area contributed by atoms with Crippen LogP contribution in [-0.4, -0.2) is 18.9 Å². The SMILES string of the molecule is COc1ccc(C(=O)Nc2c(F)cc(N=O)cc2F)cc1C(=O)Nc1c(F)cc(N=O)cc1F. The zero-order valence-corrected chi connectivity index (χ0v) is 17.0. The minimum Gasteiger partial charge on any atom is -0.496 e. The minimum absolute atomic E-state index is 0.0974. The molecule has 0 radical (unpaired) electrons. The second kappa shape index (κ2) is 9.85. The Morgan fingerprint density at radius 2 is 1.18 bits per heavy atom. The van der Waals surface area contributed by atoms with E-state index in [2.05, 4.69) is 10.4 Å². The molecule has 0 heterocycles. The summed E-state index contributed by atoms with van der Waals surface area (Å²) in [6.45, 7) is 0. The van der Waals surface area contributed by atoms with Gasteiger partial charge in [0, 0.05) is 29.8 Å². The monoisotopic (exact) mass is 476 g/mol. The minimum atomic E-state index is -1.28. The Hall–Kier alpha value is -4.68. The van der Waals surface area contributed by atoms with Gasteiger partial charge in [-0.3, -0.25) is 9.59 Å². The van der Waals surface area contributed by atoms with E-state index in [0.29, 0.717) is 24.3 Å². The average molecular weight is 476 g/mol. The van der Waals surface area contributed by atoms with E-state index in [1.165, 1.54) is 13.2 Å². The van der Waals surface area contributed by atoms with Crippen LogP contribution in [0.2, 0.25) is 0 Å². The Balaban J connectivity index is 1.92. The number of amides is 2. The summed E-state index contributed by atoms with van der Waals surface area (Å²) < 4.78 is 61.3. The quantitative estimate of drug-likeness (QED) is 0.341. The first-order chi connectivity index (χ1) is 16.2. The van der Waals surface area contributed by atoms with Gasteiger partial charge >= 0.3 is 0 Å². The van der Waals surface area contributed by atoms with E-state index < -0.39 is 57.8 Å². The number of nitroso groups, excluding NO2 is 2. The number of hydrogen-bond donors (Lipinski definition) is 2. The van der Waals surface area contributed by atoms with E-state index in [1.807, 2.05) is 10.6 Å². The molecule has 0 bridgehead atoms. The van der Waals surface area contributed by atoms with E-state index in [1.54, 1.807) is 0 Å². The number of rotatable bonds is 7. The summed E-state index contributed by atoms with van der Waals surface area (Å²) in [5, 5.41) is 8.73. The Labute approximate surface area is 187 Å². The molecular weight excluding hydrogens is 464 g/mol. The number of methoxy groups -OCH3 is 1. The smallest absolute Gasteiger partial charge is 0.259 e. The van der Waals surface area contributed by atoms with Crippen molar-refractivity contribution in [3.05, 3.63) is 86.7 Å². The lowest BCUT2D eigenvalue weighted by atomic mass is 10.1. The summed E-state index contributed by atoms with van der Waals surface area (Å²) in [4.78, 5) is 46.1. The Kier molecular flexibility index (Phi) is 6.95. The van der Waals surface area contributed by atoms with Crippen molar-refractivity contribution in [3.8, 4) is 5.75 Å². The first kappa shape index (κ1) is 24.0. The lowest BCUT2D eigenvalue weighted by Crippen LogP contribution is -2.18. The highest BCUT2D eigenvalue weighted by atomic mass is 19.1. The summed E-state index contributed by atoms with van der Waals surface area (Å²) in [7, 11) is 1.19. The van der Waals surface area contributed by atoms with E-state index in [9.17, 15) is 37.0 Å². The van der Waals surface area contributed by atoms with Crippen molar-refractivity contribution in [2.24, 2.45) is 10.4 Å². The van der Waals surface area contributed by atoms with Gasteiger partial charge < -0.3 is 15.4 Å². The van der Waals surface area contributed by atoms with Crippen LogP contribution in [0.5, 0.6) is 5.75 Å². The second-order valence-electron chi connectivity index (χ2n) is 6.57. The van der Waals surface area contributed by atoms with Crippen molar-refractivity contribution in [3.63, 3.8) is 0 Å². The van der Waals surface area contributed by atoms with Gasteiger partial charge in [-0.15, -0.1) is 9.81 Å². The van der Waals surface area contributed by atoms with Gasteiger partial charge in [-0.1, -0.05) is 0 Å². The molecule has 0 unspecified atom stereocenters. The van der Waals surface area contributed by atoms with Gasteiger partial charge in [0.25, 0.3) is 11.8 Å². The molecular formula is C21H12F4N4O5. The van der Waals surface area contributed by atoms with Crippen LogP contribution in [0.15, 0.2) is 52.8 Å². The molecule has 0 aliphatic carbocycles. The Morgan fingerprint density at radius 1 is 0.735 bits per heavy atom. The van der Waals surface area contributed by atoms with E-state index in [4.69, 9.17) is 4.74 Å². The van der Waals surface area contributed by atoms with Crippen molar-refractivity contribution in [2.45, 2.75) is 0 Å². The highest BCUT2D eigenvalue weighted by molar-refractivity contribution is 6.10. The number of nitrogens with one attached hydrogen (secondary N) is 2. The highest BCUT2D eigenvalue weighted by Gasteiger charge is 2.21. The molecule has 2 N–H and O–H groups in total. The van der Waals surface area contributed by atoms with Crippen LogP contribution in [0.1, 0.15) is 20.7 Å². The largest absolute Gasteiger partial charge is 0.496 e. The van der Waals surface area contributed by atoms with E-state index in [0.717, 1.165) is 12.1 Å². The lowest BCUT2D eigenvalue weighted by Gasteiger charge is -2.13. The molecule has 0 atom stereocenters. The normalized spacial score (nSPS) is 10.4.